The quantitative estimate of drug-likeness (QED) is 0.890. The van der Waals surface area contributed by atoms with E-state index < -0.39 is 5.97 Å². The maximum absolute atomic E-state index is 10.8. The van der Waals surface area contributed by atoms with Gasteiger partial charge >= 0.3 is 5.97 Å². The molecule has 4 heteroatoms. The molecule has 1 heterocycles. The van der Waals surface area contributed by atoms with Crippen LogP contribution in [0.15, 0.2) is 18.2 Å². The van der Waals surface area contributed by atoms with Crippen molar-refractivity contribution in [2.45, 2.75) is 20.3 Å². The van der Waals surface area contributed by atoms with Crippen LogP contribution < -0.4 is 0 Å². The lowest BCUT2D eigenvalue weighted by Crippen LogP contribution is -2.02. The van der Waals surface area contributed by atoms with E-state index in [2.05, 4.69) is 4.98 Å². The van der Waals surface area contributed by atoms with Crippen molar-refractivity contribution in [3.05, 3.63) is 40.0 Å². The first-order valence-corrected chi connectivity index (χ1v) is 5.63. The van der Waals surface area contributed by atoms with Crippen LogP contribution in [0.2, 0.25) is 5.02 Å². The first-order chi connectivity index (χ1) is 7.97. The van der Waals surface area contributed by atoms with Gasteiger partial charge in [0, 0.05) is 16.1 Å². The summed E-state index contributed by atoms with van der Waals surface area (Å²) in [7, 11) is 0. The van der Waals surface area contributed by atoms with Crippen molar-refractivity contribution in [2.75, 3.05) is 0 Å². The molecule has 0 amide bonds. The number of nitrogens with zero attached hydrogens (tertiary/aromatic N) is 1. The summed E-state index contributed by atoms with van der Waals surface area (Å²) in [6, 6.07) is 5.40. The number of aryl methyl sites for hydroxylation is 2. The monoisotopic (exact) mass is 249 g/mol. The maximum Gasteiger partial charge on any atom is 0.307 e. The van der Waals surface area contributed by atoms with Crippen LogP contribution in [-0.2, 0) is 11.2 Å². The standard InChI is InChI=1S/C13H12ClNO2/c1-7-3-10(14)6-11-9(5-12(16)17)4-8(2)15-13(7)11/h3-4,6H,5H2,1-2H3,(H,16,17). The molecule has 0 aliphatic rings. The first-order valence-electron chi connectivity index (χ1n) is 5.25. The predicted molar refractivity (Wildman–Crippen MR) is 67.6 cm³/mol. The molecule has 1 N–H and O–H groups in total. The zero-order valence-electron chi connectivity index (χ0n) is 9.62. The number of carboxylic acids is 1. The van der Waals surface area contributed by atoms with Crippen molar-refractivity contribution in [3.8, 4) is 0 Å². The van der Waals surface area contributed by atoms with Crippen molar-refractivity contribution >= 4 is 28.5 Å². The fourth-order valence-electron chi connectivity index (χ4n) is 1.98. The molecule has 0 radical (unpaired) electrons. The highest BCUT2D eigenvalue weighted by molar-refractivity contribution is 6.31. The third kappa shape index (κ3) is 2.39. The molecular formula is C13H12ClNO2. The molecule has 3 nitrogen and oxygen atoms in total. The Bertz CT molecular complexity index is 608. The molecule has 0 aliphatic carbocycles. The van der Waals surface area contributed by atoms with E-state index in [1.807, 2.05) is 19.9 Å². The van der Waals surface area contributed by atoms with Crippen LogP contribution in [0.3, 0.4) is 0 Å². The summed E-state index contributed by atoms with van der Waals surface area (Å²) in [6.45, 7) is 3.78. The summed E-state index contributed by atoms with van der Waals surface area (Å²) in [5.41, 5.74) is 3.36. The topological polar surface area (TPSA) is 50.2 Å². The molecule has 0 aliphatic heterocycles. The molecule has 0 atom stereocenters. The normalized spacial score (nSPS) is 10.8. The van der Waals surface area contributed by atoms with Crippen molar-refractivity contribution in [3.63, 3.8) is 0 Å². The van der Waals surface area contributed by atoms with E-state index >= 15 is 0 Å². The van der Waals surface area contributed by atoms with Gasteiger partial charge in [-0.15, -0.1) is 0 Å². The number of hydrogen-bond donors (Lipinski definition) is 1. The van der Waals surface area contributed by atoms with E-state index in [-0.39, 0.29) is 6.42 Å². The van der Waals surface area contributed by atoms with Gasteiger partial charge in [-0.1, -0.05) is 11.6 Å². The first kappa shape index (κ1) is 11.9. The number of benzene rings is 1. The van der Waals surface area contributed by atoms with Crippen LogP contribution in [-0.4, -0.2) is 16.1 Å². The number of rotatable bonds is 2. The molecule has 1 aromatic heterocycles. The molecule has 2 rings (SSSR count). The Labute approximate surface area is 104 Å². The van der Waals surface area contributed by atoms with Gasteiger partial charge in [-0.25, -0.2) is 0 Å². The molecule has 1 aromatic carbocycles. The second kappa shape index (κ2) is 4.34. The number of fused-ring (bicyclic) bond motifs is 1. The number of halogens is 1. The molecule has 0 spiro atoms. The maximum atomic E-state index is 10.8. The smallest absolute Gasteiger partial charge is 0.307 e. The van der Waals surface area contributed by atoms with Gasteiger partial charge < -0.3 is 5.11 Å². The van der Waals surface area contributed by atoms with E-state index in [1.165, 1.54) is 0 Å². The molecule has 2 aromatic rings. The summed E-state index contributed by atoms with van der Waals surface area (Å²) >= 11 is 6.00. The molecule has 0 saturated carbocycles. The summed E-state index contributed by atoms with van der Waals surface area (Å²) in [6.07, 6.45) is -0.0142. The van der Waals surface area contributed by atoms with E-state index in [0.717, 1.165) is 27.7 Å². The van der Waals surface area contributed by atoms with Gasteiger partial charge in [0.1, 0.15) is 0 Å². The molecule has 88 valence electrons. The van der Waals surface area contributed by atoms with Crippen molar-refractivity contribution in [2.24, 2.45) is 0 Å². The highest BCUT2D eigenvalue weighted by Crippen LogP contribution is 2.26. The lowest BCUT2D eigenvalue weighted by atomic mass is 10.0. The van der Waals surface area contributed by atoms with Crippen molar-refractivity contribution in [1.82, 2.24) is 4.98 Å². The number of carboxylic acid groups (broad SMARTS) is 1. The molecule has 17 heavy (non-hydrogen) atoms. The lowest BCUT2D eigenvalue weighted by molar-refractivity contribution is -0.136. The Morgan fingerprint density at radius 1 is 1.35 bits per heavy atom. The van der Waals surface area contributed by atoms with Crippen LogP contribution in [0, 0.1) is 13.8 Å². The second-order valence-corrected chi connectivity index (χ2v) is 4.55. The third-order valence-electron chi connectivity index (χ3n) is 2.62. The van der Waals surface area contributed by atoms with Crippen LogP contribution in [0.5, 0.6) is 0 Å². The van der Waals surface area contributed by atoms with E-state index in [0.29, 0.717) is 5.02 Å². The highest BCUT2D eigenvalue weighted by atomic mass is 35.5. The molecule has 0 bridgehead atoms. The van der Waals surface area contributed by atoms with Gasteiger partial charge in [-0.05, 0) is 43.2 Å². The highest BCUT2D eigenvalue weighted by Gasteiger charge is 2.10. The minimum atomic E-state index is -0.852. The summed E-state index contributed by atoms with van der Waals surface area (Å²) < 4.78 is 0. The zero-order chi connectivity index (χ0) is 12.6. The number of hydrogen-bond acceptors (Lipinski definition) is 2. The van der Waals surface area contributed by atoms with Crippen LogP contribution in [0.1, 0.15) is 16.8 Å². The minimum absolute atomic E-state index is 0.0142. The van der Waals surface area contributed by atoms with Crippen molar-refractivity contribution in [1.29, 1.82) is 0 Å². The Morgan fingerprint density at radius 3 is 2.71 bits per heavy atom. The van der Waals surface area contributed by atoms with Crippen molar-refractivity contribution < 1.29 is 9.90 Å². The Morgan fingerprint density at radius 2 is 2.06 bits per heavy atom. The molecule has 0 unspecified atom stereocenters. The Kier molecular flexibility index (Phi) is 3.03. The van der Waals surface area contributed by atoms with Gasteiger partial charge in [-0.3, -0.25) is 9.78 Å². The summed E-state index contributed by atoms with van der Waals surface area (Å²) in [5, 5.41) is 10.3. The second-order valence-electron chi connectivity index (χ2n) is 4.11. The molecule has 0 saturated heterocycles. The van der Waals surface area contributed by atoms with Gasteiger partial charge in [-0.2, -0.15) is 0 Å². The number of aliphatic carboxylic acids is 1. The molecular weight excluding hydrogens is 238 g/mol. The zero-order valence-corrected chi connectivity index (χ0v) is 10.4. The Hall–Kier alpha value is -1.61. The largest absolute Gasteiger partial charge is 0.481 e. The van der Waals surface area contributed by atoms with Crippen LogP contribution >= 0.6 is 11.6 Å². The number of carbonyl (C=O) groups is 1. The summed E-state index contributed by atoms with van der Waals surface area (Å²) in [5.74, 6) is -0.852. The van der Waals surface area contributed by atoms with E-state index in [1.54, 1.807) is 12.1 Å². The lowest BCUT2D eigenvalue weighted by Gasteiger charge is -2.08. The number of aromatic nitrogens is 1. The number of pyridine rings is 1. The van der Waals surface area contributed by atoms with Gasteiger partial charge in [0.05, 0.1) is 11.9 Å². The minimum Gasteiger partial charge on any atom is -0.481 e. The molecule has 0 fully saturated rings. The van der Waals surface area contributed by atoms with Gasteiger partial charge in [0.2, 0.25) is 0 Å². The fourth-order valence-corrected chi connectivity index (χ4v) is 2.25. The van der Waals surface area contributed by atoms with Crippen LogP contribution in [0.4, 0.5) is 0 Å². The summed E-state index contributed by atoms with van der Waals surface area (Å²) in [4.78, 5) is 15.3. The van der Waals surface area contributed by atoms with E-state index in [9.17, 15) is 4.79 Å². The van der Waals surface area contributed by atoms with Crippen LogP contribution in [0.25, 0.3) is 10.9 Å². The van der Waals surface area contributed by atoms with Gasteiger partial charge in [0.15, 0.2) is 0 Å². The van der Waals surface area contributed by atoms with E-state index in [4.69, 9.17) is 16.7 Å². The average Bonchev–Trinajstić information content (AvgIpc) is 2.19. The predicted octanol–water partition coefficient (Wildman–Crippen LogP) is 3.13. The third-order valence-corrected chi connectivity index (χ3v) is 2.84. The van der Waals surface area contributed by atoms with Gasteiger partial charge in [0.25, 0.3) is 0 Å². The Balaban J connectivity index is 2.77. The average molecular weight is 250 g/mol. The fraction of sp³-hybridized carbons (Fsp3) is 0.231. The SMILES string of the molecule is Cc1cc(CC(=O)O)c2cc(Cl)cc(C)c2n1.